The van der Waals surface area contributed by atoms with E-state index in [1.807, 2.05) is 0 Å². The molecule has 198 valence electrons. The summed E-state index contributed by atoms with van der Waals surface area (Å²) < 4.78 is 51.8. The molecule has 0 radical (unpaired) electrons. The van der Waals surface area contributed by atoms with Crippen molar-refractivity contribution in [1.82, 2.24) is 14.5 Å². The fourth-order valence-corrected chi connectivity index (χ4v) is 5.50. The molecule has 1 N–H and O–H groups in total. The van der Waals surface area contributed by atoms with Crippen molar-refractivity contribution in [1.29, 1.82) is 0 Å². The first-order chi connectivity index (χ1) is 18.2. The molecule has 6 nitrogen and oxygen atoms in total. The number of aliphatic carboxylic acids is 1. The van der Waals surface area contributed by atoms with E-state index >= 15 is 0 Å². The number of hydrogen-bond donors (Lipinski definition) is 1. The average Bonchev–Trinajstić information content (AvgIpc) is 3.23. The predicted molar refractivity (Wildman–Crippen MR) is 138 cm³/mol. The molecule has 38 heavy (non-hydrogen) atoms. The number of carboxylic acid groups (broad SMARTS) is 1. The highest BCUT2D eigenvalue weighted by Gasteiger charge is 2.35. The largest absolute Gasteiger partial charge is 0.487 e. The van der Waals surface area contributed by atoms with E-state index in [1.165, 1.54) is 18.2 Å². The van der Waals surface area contributed by atoms with E-state index in [9.17, 15) is 23.1 Å². The number of aryl methyl sites for hydroxylation is 1. The van der Waals surface area contributed by atoms with Crippen LogP contribution in [0.2, 0.25) is 0 Å². The second-order valence-corrected chi connectivity index (χ2v) is 10.5. The fourth-order valence-electron chi connectivity index (χ4n) is 5.10. The quantitative estimate of drug-likeness (QED) is 0.254. The molecule has 1 fully saturated rings. The number of pyridine rings is 1. The van der Waals surface area contributed by atoms with E-state index < -0.39 is 35.3 Å². The van der Waals surface area contributed by atoms with Gasteiger partial charge in [0.2, 0.25) is 0 Å². The van der Waals surface area contributed by atoms with Crippen LogP contribution in [0.25, 0.3) is 11.0 Å². The number of carboxylic acids is 1. The molecule has 2 atom stereocenters. The van der Waals surface area contributed by atoms with Gasteiger partial charge >= 0.3 is 5.97 Å². The molecular formula is C28H25BrF3N3O3. The molecule has 1 aliphatic carbocycles. The maximum Gasteiger partial charge on any atom is 0.307 e. The van der Waals surface area contributed by atoms with Crippen molar-refractivity contribution in [2.75, 3.05) is 0 Å². The first-order valence-electron chi connectivity index (χ1n) is 12.3. The van der Waals surface area contributed by atoms with Crippen LogP contribution in [-0.2, 0) is 17.9 Å². The van der Waals surface area contributed by atoms with E-state index in [4.69, 9.17) is 9.72 Å². The average molecular weight is 588 g/mol. The van der Waals surface area contributed by atoms with Gasteiger partial charge < -0.3 is 14.4 Å². The molecule has 2 aromatic carbocycles. The first kappa shape index (κ1) is 26.2. The zero-order chi connectivity index (χ0) is 27.0. The molecule has 0 aliphatic heterocycles. The van der Waals surface area contributed by atoms with Gasteiger partial charge in [0.15, 0.2) is 0 Å². The minimum Gasteiger partial charge on any atom is -0.487 e. The van der Waals surface area contributed by atoms with E-state index in [0.717, 1.165) is 12.8 Å². The zero-order valence-corrected chi connectivity index (χ0v) is 22.1. The van der Waals surface area contributed by atoms with Gasteiger partial charge in [0.05, 0.1) is 23.5 Å². The number of carbonyl (C=O) groups is 1. The smallest absolute Gasteiger partial charge is 0.307 e. The topological polar surface area (TPSA) is 77.2 Å². The lowest BCUT2D eigenvalue weighted by Gasteiger charge is -2.28. The number of nitrogens with zero attached hydrogens (tertiary/aromatic N) is 3. The normalized spacial score (nSPS) is 17.6. The summed E-state index contributed by atoms with van der Waals surface area (Å²) in [7, 11) is 0. The van der Waals surface area contributed by atoms with Gasteiger partial charge in [-0.2, -0.15) is 0 Å². The minimum absolute atomic E-state index is 0.113. The summed E-state index contributed by atoms with van der Waals surface area (Å²) in [5.41, 5.74) is 1.76. The van der Waals surface area contributed by atoms with E-state index in [-0.39, 0.29) is 28.9 Å². The molecule has 1 aliphatic rings. The molecule has 0 bridgehead atoms. The van der Waals surface area contributed by atoms with Crippen LogP contribution < -0.4 is 4.74 Å². The Bertz CT molecular complexity index is 1500. The van der Waals surface area contributed by atoms with Crippen molar-refractivity contribution < 1.29 is 27.8 Å². The third-order valence-corrected chi connectivity index (χ3v) is 7.47. The number of fused-ring (bicyclic) bond motifs is 1. The number of hydrogen-bond acceptors (Lipinski definition) is 4. The van der Waals surface area contributed by atoms with E-state index in [2.05, 4.69) is 20.9 Å². The summed E-state index contributed by atoms with van der Waals surface area (Å²) >= 11 is 3.11. The SMILES string of the molecule is Cc1cnc(COc2ccc3nc(C4CCCCC4C(=O)O)n(Cc4c(F)cc(Br)cc4F)c3c2)c(F)c1. The fraction of sp³-hybridized carbons (Fsp3) is 0.321. The number of halogens is 4. The molecule has 2 unspecified atom stereocenters. The zero-order valence-electron chi connectivity index (χ0n) is 20.6. The molecule has 2 heterocycles. The lowest BCUT2D eigenvalue weighted by molar-refractivity contribution is -0.143. The Morgan fingerprint density at radius 2 is 1.84 bits per heavy atom. The maximum absolute atomic E-state index is 14.9. The van der Waals surface area contributed by atoms with Crippen LogP contribution in [0.3, 0.4) is 0 Å². The van der Waals surface area contributed by atoms with Crippen LogP contribution >= 0.6 is 15.9 Å². The van der Waals surface area contributed by atoms with Gasteiger partial charge in [0.1, 0.15) is 41.3 Å². The van der Waals surface area contributed by atoms with Crippen molar-refractivity contribution in [2.45, 2.75) is 51.7 Å². The lowest BCUT2D eigenvalue weighted by atomic mass is 9.78. The number of rotatable bonds is 7. The molecular weight excluding hydrogens is 563 g/mol. The van der Waals surface area contributed by atoms with Crippen molar-refractivity contribution in [3.05, 3.63) is 87.2 Å². The second kappa shape index (κ2) is 10.8. The maximum atomic E-state index is 14.9. The van der Waals surface area contributed by atoms with Gasteiger partial charge in [-0.05, 0) is 55.7 Å². The van der Waals surface area contributed by atoms with Gasteiger partial charge in [-0.1, -0.05) is 28.8 Å². The van der Waals surface area contributed by atoms with Gasteiger partial charge in [-0.15, -0.1) is 0 Å². The molecule has 2 aromatic heterocycles. The Labute approximate surface area is 225 Å². The molecule has 10 heteroatoms. The molecule has 0 amide bonds. The van der Waals surface area contributed by atoms with Crippen LogP contribution in [0.5, 0.6) is 5.75 Å². The lowest BCUT2D eigenvalue weighted by Crippen LogP contribution is -2.28. The molecule has 4 aromatic rings. The summed E-state index contributed by atoms with van der Waals surface area (Å²) in [6.45, 7) is 1.45. The Hall–Kier alpha value is -3.40. The molecule has 1 saturated carbocycles. The highest BCUT2D eigenvalue weighted by atomic mass is 79.9. The number of aromatic nitrogens is 3. The van der Waals surface area contributed by atoms with E-state index in [1.54, 1.807) is 35.9 Å². The highest BCUT2D eigenvalue weighted by molar-refractivity contribution is 9.10. The van der Waals surface area contributed by atoms with Crippen molar-refractivity contribution in [3.63, 3.8) is 0 Å². The summed E-state index contributed by atoms with van der Waals surface area (Å²) in [5.74, 6) is -3.04. The van der Waals surface area contributed by atoms with Crippen LogP contribution in [0, 0.1) is 30.3 Å². The monoisotopic (exact) mass is 587 g/mol. The highest BCUT2D eigenvalue weighted by Crippen LogP contribution is 2.40. The summed E-state index contributed by atoms with van der Waals surface area (Å²) in [6, 6.07) is 8.80. The Morgan fingerprint density at radius 1 is 1.11 bits per heavy atom. The second-order valence-electron chi connectivity index (χ2n) is 9.62. The first-order valence-corrected chi connectivity index (χ1v) is 13.1. The Balaban J connectivity index is 1.57. The van der Waals surface area contributed by atoms with Gasteiger partial charge in [0, 0.05) is 28.2 Å². The summed E-state index contributed by atoms with van der Waals surface area (Å²) in [6.07, 6.45) is 4.30. The molecule has 5 rings (SSSR count). The molecule has 0 spiro atoms. The van der Waals surface area contributed by atoms with Crippen molar-refractivity contribution >= 4 is 32.9 Å². The third-order valence-electron chi connectivity index (χ3n) is 7.02. The van der Waals surface area contributed by atoms with Gasteiger partial charge in [-0.3, -0.25) is 9.78 Å². The minimum atomic E-state index is -0.911. The molecule has 0 saturated heterocycles. The Morgan fingerprint density at radius 3 is 2.55 bits per heavy atom. The third kappa shape index (κ3) is 5.27. The van der Waals surface area contributed by atoms with E-state index in [0.29, 0.717) is 41.0 Å². The standard InChI is InChI=1S/C28H25BrF3N3O3/c1-15-8-23(32)25(33-12-15)14-38-17-6-7-24-26(11-17)35(13-20-21(30)9-16(29)10-22(20)31)27(34-24)18-4-2-3-5-19(18)28(36)37/h6-12,18-19H,2-5,13-14H2,1H3,(H,36,37). The summed E-state index contributed by atoms with van der Waals surface area (Å²) in [5, 5.41) is 9.89. The van der Waals surface area contributed by atoms with Crippen molar-refractivity contribution in [2.24, 2.45) is 5.92 Å². The summed E-state index contributed by atoms with van der Waals surface area (Å²) in [4.78, 5) is 20.9. The van der Waals surface area contributed by atoms with Gasteiger partial charge in [0.25, 0.3) is 0 Å². The predicted octanol–water partition coefficient (Wildman–Crippen LogP) is 6.91. The van der Waals surface area contributed by atoms with Crippen molar-refractivity contribution in [3.8, 4) is 5.75 Å². The van der Waals surface area contributed by atoms with Crippen LogP contribution in [0.1, 0.15) is 54.2 Å². The number of ether oxygens (including phenoxy) is 1. The van der Waals surface area contributed by atoms with Crippen LogP contribution in [-0.4, -0.2) is 25.6 Å². The number of benzene rings is 2. The van der Waals surface area contributed by atoms with Crippen LogP contribution in [0.15, 0.2) is 47.1 Å². The number of imidazole rings is 1. The van der Waals surface area contributed by atoms with Gasteiger partial charge in [-0.25, -0.2) is 18.2 Å². The Kier molecular flexibility index (Phi) is 7.43. The van der Waals surface area contributed by atoms with Crippen LogP contribution in [0.4, 0.5) is 13.2 Å².